The molecule has 13 aromatic rings. The molecule has 0 spiro atoms. The molecule has 0 aliphatic rings. The van der Waals surface area contributed by atoms with Crippen LogP contribution in [0.2, 0.25) is 0 Å². The summed E-state index contributed by atoms with van der Waals surface area (Å²) < 4.78 is 11.0. The quantitative estimate of drug-likeness (QED) is 0.0654. The average molecular weight is 1060 g/mol. The number of allylic oxidation sites excluding steroid dienone is 9. The molecule has 0 atom stereocenters. The lowest BCUT2D eigenvalue weighted by atomic mass is 9.98. The Labute approximate surface area is 475 Å². The van der Waals surface area contributed by atoms with Crippen LogP contribution in [0.1, 0.15) is 19.4 Å². The van der Waals surface area contributed by atoms with E-state index in [1.165, 1.54) is 10.9 Å². The van der Waals surface area contributed by atoms with Gasteiger partial charge < -0.3 is 8.98 Å². The second-order valence-corrected chi connectivity index (χ2v) is 20.1. The highest BCUT2D eigenvalue weighted by Gasteiger charge is 2.21. The van der Waals surface area contributed by atoms with Gasteiger partial charge in [0.05, 0.1) is 27.8 Å². The van der Waals surface area contributed by atoms with E-state index in [0.29, 0.717) is 29.9 Å². The zero-order valence-electron chi connectivity index (χ0n) is 45.5. The summed E-state index contributed by atoms with van der Waals surface area (Å²) in [4.78, 5) is 25.0. The molecule has 0 aliphatic carbocycles. The van der Waals surface area contributed by atoms with Crippen LogP contribution in [0.25, 0.3) is 128 Å². The lowest BCUT2D eigenvalue weighted by Crippen LogP contribution is -2.10. The second kappa shape index (κ2) is 21.8. The summed E-state index contributed by atoms with van der Waals surface area (Å²) in [5.74, 6) is 2.24. The van der Waals surface area contributed by atoms with Gasteiger partial charge in [-0.05, 0) is 151 Å². The first-order chi connectivity index (χ1) is 40.4. The number of para-hydroxylation sites is 1. The van der Waals surface area contributed by atoms with Crippen LogP contribution in [0.3, 0.4) is 0 Å². The topological polar surface area (TPSA) is 86.4 Å². The van der Waals surface area contributed by atoms with E-state index in [4.69, 9.17) is 29.4 Å². The summed E-state index contributed by atoms with van der Waals surface area (Å²) in [7, 11) is 0. The highest BCUT2D eigenvalue weighted by atomic mass is 16.3. The molecule has 13 rings (SSSR count). The third-order valence-electron chi connectivity index (χ3n) is 15.2. The maximum absolute atomic E-state index is 6.53. The number of aliphatic imine (C=N–C) groups is 2. The van der Waals surface area contributed by atoms with Crippen molar-refractivity contribution in [3.05, 3.63) is 279 Å². The van der Waals surface area contributed by atoms with Gasteiger partial charge in [0, 0.05) is 54.7 Å². The highest BCUT2D eigenvalue weighted by molar-refractivity contribution is 6.17. The molecule has 0 N–H and O–H groups in total. The molecule has 9 aromatic carbocycles. The fourth-order valence-electron chi connectivity index (χ4n) is 11.3. The molecule has 8 nitrogen and oxygen atoms in total. The number of fused-ring (bicyclic) bond motifs is 9. The van der Waals surface area contributed by atoms with Gasteiger partial charge in [-0.25, -0.2) is 24.9 Å². The zero-order valence-corrected chi connectivity index (χ0v) is 45.5. The Balaban J connectivity index is 0.969. The monoisotopic (exact) mass is 1060 g/mol. The predicted molar refractivity (Wildman–Crippen MR) is 344 cm³/mol. The minimum Gasteiger partial charge on any atom is -0.456 e. The van der Waals surface area contributed by atoms with Crippen LogP contribution in [0.15, 0.2) is 288 Å². The van der Waals surface area contributed by atoms with Gasteiger partial charge in [-0.2, -0.15) is 0 Å². The van der Waals surface area contributed by atoms with Gasteiger partial charge in [0.15, 0.2) is 17.5 Å². The number of hydrogen-bond donors (Lipinski definition) is 0. The molecule has 392 valence electrons. The van der Waals surface area contributed by atoms with E-state index in [9.17, 15) is 0 Å². The maximum atomic E-state index is 6.53. The van der Waals surface area contributed by atoms with Crippen molar-refractivity contribution in [2.75, 3.05) is 0 Å². The first kappa shape index (κ1) is 50.7. The molecule has 0 saturated carbocycles. The van der Waals surface area contributed by atoms with Crippen molar-refractivity contribution in [1.82, 2.24) is 24.1 Å². The van der Waals surface area contributed by atoms with Gasteiger partial charge in [-0.3, -0.25) is 4.57 Å². The number of rotatable bonds is 13. The molecular formula is C74H55N7O. The van der Waals surface area contributed by atoms with E-state index < -0.39 is 0 Å². The molecule has 4 aromatic heterocycles. The lowest BCUT2D eigenvalue weighted by Gasteiger charge is -2.12. The van der Waals surface area contributed by atoms with Crippen molar-refractivity contribution in [1.29, 1.82) is 0 Å². The number of benzene rings is 9. The van der Waals surface area contributed by atoms with E-state index in [-0.39, 0.29) is 0 Å². The van der Waals surface area contributed by atoms with Crippen molar-refractivity contribution >= 4 is 83.9 Å². The smallest absolute Gasteiger partial charge is 0.234 e. The zero-order chi connectivity index (χ0) is 55.7. The average Bonchev–Trinajstić information content (AvgIpc) is 4.29. The number of furan rings is 1. The van der Waals surface area contributed by atoms with Crippen LogP contribution in [-0.4, -0.2) is 36.8 Å². The van der Waals surface area contributed by atoms with Gasteiger partial charge in [-0.1, -0.05) is 171 Å². The molecule has 0 bridgehead atoms. The van der Waals surface area contributed by atoms with Gasteiger partial charge in [0.1, 0.15) is 11.2 Å². The van der Waals surface area contributed by atoms with Gasteiger partial charge in [0.25, 0.3) is 0 Å². The molecule has 0 aliphatic heterocycles. The van der Waals surface area contributed by atoms with E-state index >= 15 is 0 Å². The Morgan fingerprint density at radius 2 is 0.915 bits per heavy atom. The second-order valence-electron chi connectivity index (χ2n) is 20.1. The number of hydrogen-bond acceptors (Lipinski definition) is 5. The molecule has 0 radical (unpaired) electrons. The fraction of sp³-hybridized carbons (Fsp3) is 0.0405. The maximum Gasteiger partial charge on any atom is 0.234 e. The molecular weight excluding hydrogens is 1000 g/mol. The summed E-state index contributed by atoms with van der Waals surface area (Å²) in [6.07, 6.45) is 14.6. The first-order valence-electron chi connectivity index (χ1n) is 27.4. The Bertz CT molecular complexity index is 4780. The van der Waals surface area contributed by atoms with E-state index in [1.54, 1.807) is 6.08 Å². The summed E-state index contributed by atoms with van der Waals surface area (Å²) in [6, 6.07) is 71.8. The van der Waals surface area contributed by atoms with Crippen LogP contribution in [0.5, 0.6) is 0 Å². The predicted octanol–water partition coefficient (Wildman–Crippen LogP) is 19.1. The fourth-order valence-corrected chi connectivity index (χ4v) is 11.3. The molecule has 0 amide bonds. The Morgan fingerprint density at radius 1 is 0.463 bits per heavy atom. The molecule has 0 saturated heterocycles. The summed E-state index contributed by atoms with van der Waals surface area (Å²) in [5.41, 5.74) is 16.7. The van der Waals surface area contributed by atoms with Crippen LogP contribution >= 0.6 is 0 Å². The van der Waals surface area contributed by atoms with Crippen LogP contribution in [0, 0.1) is 0 Å². The minimum absolute atomic E-state index is 0.451. The molecule has 4 heterocycles. The van der Waals surface area contributed by atoms with Crippen LogP contribution < -0.4 is 0 Å². The third kappa shape index (κ3) is 9.27. The van der Waals surface area contributed by atoms with Crippen molar-refractivity contribution in [2.45, 2.75) is 20.3 Å². The number of nitrogens with zero attached hydrogens (tertiary/aromatic N) is 7. The Morgan fingerprint density at radius 3 is 1.45 bits per heavy atom. The number of aromatic nitrogens is 5. The minimum atomic E-state index is 0.451. The van der Waals surface area contributed by atoms with Gasteiger partial charge >= 0.3 is 0 Å². The van der Waals surface area contributed by atoms with Crippen LogP contribution in [0.4, 0.5) is 0 Å². The summed E-state index contributed by atoms with van der Waals surface area (Å²) >= 11 is 0. The first-order valence-corrected chi connectivity index (χ1v) is 27.4. The Kier molecular flexibility index (Phi) is 13.5. The summed E-state index contributed by atoms with van der Waals surface area (Å²) in [6.45, 7) is 16.3. The normalized spacial score (nSPS) is 12.7. The lowest BCUT2D eigenvalue weighted by molar-refractivity contribution is 0.669. The highest BCUT2D eigenvalue weighted by Crippen LogP contribution is 2.41. The molecule has 82 heavy (non-hydrogen) atoms. The Hall–Kier alpha value is -10.8. The van der Waals surface area contributed by atoms with Gasteiger partial charge in [0.2, 0.25) is 5.96 Å². The van der Waals surface area contributed by atoms with Gasteiger partial charge in [-0.15, -0.1) is 0 Å². The van der Waals surface area contributed by atoms with E-state index in [2.05, 4.69) is 181 Å². The van der Waals surface area contributed by atoms with Crippen molar-refractivity contribution < 1.29 is 4.42 Å². The SMILES string of the molecule is C=C/C=C(N=C(N=C)n1c2ccc(-c3ccc4oc5ccc(-c6nc(-c7ccccc7)nc(-c7ccccc7)n6)cc5c4c3)cc2c2cc(-c3ccc4c(c3)c3ccccc3n4C(/C=C\C)=C/C=C)ccc21)\C(=C/C)Cc1ccccc1. The van der Waals surface area contributed by atoms with E-state index in [0.717, 1.165) is 116 Å². The standard InChI is InChI=1S/C74H55N7O/c1-6-21-57(22-7-2)80-65-31-20-19-30-58(65)59-43-52(32-37-66(59)80)53-33-38-67-60(44-53)61-45-54(34-39-68(61)81(67)74(75-5)76-64(23-8-3)49(9-4)42-48-24-13-10-14-25-48)55-35-40-69-62(46-55)63-47-56(36-41-70(63)82-69)73-78-71(50-26-15-11-16-27-50)77-72(79-73)51-28-17-12-18-29-51/h6-41,43-47H,1,3,5,42H2,2,4H3/b22-7-,49-9-,57-21+,64-23+,76-74?. The van der Waals surface area contributed by atoms with Crippen LogP contribution in [-0.2, 0) is 6.42 Å². The van der Waals surface area contributed by atoms with Crippen molar-refractivity contribution in [2.24, 2.45) is 9.98 Å². The molecule has 0 unspecified atom stereocenters. The van der Waals surface area contributed by atoms with E-state index in [1.807, 2.05) is 105 Å². The molecule has 8 heteroatoms. The van der Waals surface area contributed by atoms with Crippen molar-refractivity contribution in [3.8, 4) is 56.4 Å². The van der Waals surface area contributed by atoms with Crippen molar-refractivity contribution in [3.63, 3.8) is 0 Å². The largest absolute Gasteiger partial charge is 0.456 e. The third-order valence-corrected chi connectivity index (χ3v) is 15.2. The summed E-state index contributed by atoms with van der Waals surface area (Å²) in [5, 5.41) is 6.37. The molecule has 0 fully saturated rings.